The zero-order valence-corrected chi connectivity index (χ0v) is 13.1. The molecule has 0 heterocycles. The summed E-state index contributed by atoms with van der Waals surface area (Å²) in [6, 6.07) is 0. The quantitative estimate of drug-likeness (QED) is 0.700. The Morgan fingerprint density at radius 2 is 2.05 bits per heavy atom. The van der Waals surface area contributed by atoms with Crippen LogP contribution in [0.5, 0.6) is 0 Å². The summed E-state index contributed by atoms with van der Waals surface area (Å²) in [7, 11) is 1.73. The van der Waals surface area contributed by atoms with Crippen molar-refractivity contribution >= 4 is 0 Å². The average Bonchev–Trinajstić information content (AvgIpc) is 3.07. The predicted molar refractivity (Wildman–Crippen MR) is 79.2 cm³/mol. The maximum absolute atomic E-state index is 5.75. The molecule has 4 aliphatic carbocycles. The highest BCUT2D eigenvalue weighted by atomic mass is 16.7. The molecule has 0 aromatic rings. The topological polar surface area (TPSA) is 18.5 Å². The van der Waals surface area contributed by atoms with Crippen molar-refractivity contribution < 1.29 is 9.47 Å². The van der Waals surface area contributed by atoms with Gasteiger partial charge in [-0.3, -0.25) is 0 Å². The summed E-state index contributed by atoms with van der Waals surface area (Å²) >= 11 is 0. The van der Waals surface area contributed by atoms with E-state index in [4.69, 9.17) is 9.47 Å². The molecule has 4 saturated carbocycles. The van der Waals surface area contributed by atoms with Gasteiger partial charge in [0.15, 0.2) is 6.29 Å². The Hall–Kier alpha value is -0.0800. The van der Waals surface area contributed by atoms with Crippen LogP contribution in [0.2, 0.25) is 0 Å². The monoisotopic (exact) mass is 278 g/mol. The molecule has 0 spiro atoms. The van der Waals surface area contributed by atoms with Crippen LogP contribution < -0.4 is 0 Å². The van der Waals surface area contributed by atoms with Crippen molar-refractivity contribution in [2.24, 2.45) is 35.0 Å². The van der Waals surface area contributed by atoms with E-state index in [2.05, 4.69) is 0 Å². The lowest BCUT2D eigenvalue weighted by Gasteiger charge is -2.47. The predicted octanol–water partition coefficient (Wildman–Crippen LogP) is 4.24. The van der Waals surface area contributed by atoms with Crippen LogP contribution in [0.4, 0.5) is 0 Å². The summed E-state index contributed by atoms with van der Waals surface area (Å²) in [6.45, 7) is 2.89. The average molecular weight is 278 g/mol. The number of ether oxygens (including phenoxy) is 2. The van der Waals surface area contributed by atoms with Crippen LogP contribution in [0.15, 0.2) is 0 Å². The molecule has 0 aliphatic heterocycles. The fourth-order valence-electron chi connectivity index (χ4n) is 6.99. The van der Waals surface area contributed by atoms with Gasteiger partial charge in [0.25, 0.3) is 0 Å². The van der Waals surface area contributed by atoms with Crippen LogP contribution in [0.1, 0.15) is 58.3 Å². The highest BCUT2D eigenvalue weighted by Crippen LogP contribution is 2.73. The maximum atomic E-state index is 5.75. The Morgan fingerprint density at radius 3 is 2.90 bits per heavy atom. The number of methoxy groups -OCH3 is 1. The SMILES string of the molecule is COC(C)OCCC1CC2CC1C13CCCC(CC1)C23. The molecule has 20 heavy (non-hydrogen) atoms. The second-order valence-electron chi connectivity index (χ2n) is 8.01. The summed E-state index contributed by atoms with van der Waals surface area (Å²) in [5, 5.41) is 0. The van der Waals surface area contributed by atoms with Crippen LogP contribution in [-0.4, -0.2) is 20.0 Å². The summed E-state index contributed by atoms with van der Waals surface area (Å²) in [6.07, 6.45) is 12.1. The summed E-state index contributed by atoms with van der Waals surface area (Å²) in [4.78, 5) is 0. The highest BCUT2D eigenvalue weighted by molar-refractivity contribution is 5.15. The Labute approximate surface area is 123 Å². The highest BCUT2D eigenvalue weighted by Gasteiger charge is 2.65. The summed E-state index contributed by atoms with van der Waals surface area (Å²) in [5.74, 6) is 5.33. The molecular weight excluding hydrogens is 248 g/mol. The zero-order chi connectivity index (χ0) is 13.7. The fourth-order valence-corrected chi connectivity index (χ4v) is 6.99. The van der Waals surface area contributed by atoms with Crippen LogP contribution in [-0.2, 0) is 9.47 Å². The molecule has 0 saturated heterocycles. The van der Waals surface area contributed by atoms with Crippen molar-refractivity contribution in [3.63, 3.8) is 0 Å². The van der Waals surface area contributed by atoms with Crippen molar-refractivity contribution in [1.82, 2.24) is 0 Å². The van der Waals surface area contributed by atoms with Gasteiger partial charge >= 0.3 is 0 Å². The third-order valence-electron chi connectivity index (χ3n) is 7.52. The first-order valence-corrected chi connectivity index (χ1v) is 8.89. The van der Waals surface area contributed by atoms with Crippen molar-refractivity contribution in [3.05, 3.63) is 0 Å². The zero-order valence-electron chi connectivity index (χ0n) is 13.1. The summed E-state index contributed by atoms with van der Waals surface area (Å²) < 4.78 is 10.9. The van der Waals surface area contributed by atoms with Gasteiger partial charge in [-0.25, -0.2) is 0 Å². The van der Waals surface area contributed by atoms with E-state index >= 15 is 0 Å². The number of hydrogen-bond donors (Lipinski definition) is 0. The third-order valence-corrected chi connectivity index (χ3v) is 7.52. The van der Waals surface area contributed by atoms with Crippen molar-refractivity contribution in [1.29, 1.82) is 0 Å². The van der Waals surface area contributed by atoms with Gasteiger partial charge in [0, 0.05) is 13.7 Å². The molecule has 4 aliphatic rings. The lowest BCUT2D eigenvalue weighted by atomic mass is 9.57. The van der Waals surface area contributed by atoms with Gasteiger partial charge < -0.3 is 9.47 Å². The third kappa shape index (κ3) is 1.83. The first kappa shape index (κ1) is 13.6. The van der Waals surface area contributed by atoms with Gasteiger partial charge in [0.2, 0.25) is 0 Å². The van der Waals surface area contributed by atoms with E-state index in [0.717, 1.165) is 41.6 Å². The van der Waals surface area contributed by atoms with E-state index in [1.165, 1.54) is 19.3 Å². The maximum Gasteiger partial charge on any atom is 0.154 e. The number of fused-ring (bicyclic) bond motifs is 2. The molecule has 2 heteroatoms. The second kappa shape index (κ2) is 4.98. The van der Waals surface area contributed by atoms with Gasteiger partial charge in [0.1, 0.15) is 0 Å². The van der Waals surface area contributed by atoms with Crippen molar-refractivity contribution in [3.8, 4) is 0 Å². The van der Waals surface area contributed by atoms with E-state index in [-0.39, 0.29) is 6.29 Å². The molecule has 7 unspecified atom stereocenters. The van der Waals surface area contributed by atoms with Gasteiger partial charge in [-0.1, -0.05) is 12.8 Å². The van der Waals surface area contributed by atoms with Gasteiger partial charge in [-0.05, 0) is 80.5 Å². The minimum absolute atomic E-state index is 0.0370. The van der Waals surface area contributed by atoms with Gasteiger partial charge in [-0.2, -0.15) is 0 Å². The smallest absolute Gasteiger partial charge is 0.154 e. The Morgan fingerprint density at radius 1 is 1.15 bits per heavy atom. The molecule has 4 rings (SSSR count). The molecule has 7 atom stereocenters. The molecule has 2 nitrogen and oxygen atoms in total. The van der Waals surface area contributed by atoms with E-state index in [9.17, 15) is 0 Å². The van der Waals surface area contributed by atoms with Crippen molar-refractivity contribution in [2.75, 3.05) is 13.7 Å². The first-order chi connectivity index (χ1) is 9.74. The lowest BCUT2D eigenvalue weighted by molar-refractivity contribution is -0.116. The van der Waals surface area contributed by atoms with E-state index in [0.29, 0.717) is 0 Å². The van der Waals surface area contributed by atoms with Crippen LogP contribution >= 0.6 is 0 Å². The molecule has 0 aromatic carbocycles. The Bertz CT molecular complexity index is 364. The molecule has 4 bridgehead atoms. The summed E-state index contributed by atoms with van der Waals surface area (Å²) in [5.41, 5.74) is 0.795. The van der Waals surface area contributed by atoms with Crippen LogP contribution in [0.3, 0.4) is 0 Å². The minimum atomic E-state index is -0.0370. The largest absolute Gasteiger partial charge is 0.356 e. The molecule has 0 aromatic heterocycles. The minimum Gasteiger partial charge on any atom is -0.356 e. The molecule has 0 amide bonds. The van der Waals surface area contributed by atoms with E-state index in [1.54, 1.807) is 39.2 Å². The number of hydrogen-bond acceptors (Lipinski definition) is 2. The second-order valence-corrected chi connectivity index (χ2v) is 8.01. The van der Waals surface area contributed by atoms with Crippen LogP contribution in [0.25, 0.3) is 0 Å². The number of rotatable bonds is 5. The lowest BCUT2D eigenvalue weighted by Crippen LogP contribution is -2.41. The van der Waals surface area contributed by atoms with Crippen LogP contribution in [0, 0.1) is 35.0 Å². The standard InChI is InChI=1S/C18H30O2/c1-12(19-2)20-9-6-14-10-15-11-16(14)18-7-3-4-13(5-8-18)17(15)18/h12-17H,3-11H2,1-2H3. The Kier molecular flexibility index (Phi) is 3.38. The molecule has 114 valence electrons. The molecule has 0 radical (unpaired) electrons. The fraction of sp³-hybridized carbons (Fsp3) is 1.00. The first-order valence-electron chi connectivity index (χ1n) is 8.89. The normalized spacial score (nSPS) is 50.4. The molecular formula is C18H30O2. The van der Waals surface area contributed by atoms with E-state index < -0.39 is 0 Å². The Balaban J connectivity index is 1.41. The van der Waals surface area contributed by atoms with Crippen molar-refractivity contribution in [2.45, 2.75) is 64.6 Å². The van der Waals surface area contributed by atoms with Gasteiger partial charge in [0.05, 0.1) is 0 Å². The molecule has 4 fully saturated rings. The molecule has 0 N–H and O–H groups in total. The van der Waals surface area contributed by atoms with E-state index in [1.807, 2.05) is 6.92 Å². The van der Waals surface area contributed by atoms with Gasteiger partial charge in [-0.15, -0.1) is 0 Å².